The number of rotatable bonds is 11. The number of hydrogen-bond acceptors (Lipinski definition) is 11. The molecule has 0 radical (unpaired) electrons. The van der Waals surface area contributed by atoms with Gasteiger partial charge in [-0.2, -0.15) is 0 Å². The molecule has 2 aromatic rings. The van der Waals surface area contributed by atoms with Gasteiger partial charge in [0, 0.05) is 32.7 Å². The number of amides is 1. The molecule has 1 aromatic heterocycles. The smallest absolute Gasteiger partial charge is 0.340 e. The Bertz CT molecular complexity index is 1200. The van der Waals surface area contributed by atoms with Crippen molar-refractivity contribution in [3.05, 3.63) is 57.0 Å². The molecule has 3 rings (SSSR count). The minimum Gasteiger partial charge on any atom is -0.467 e. The summed E-state index contributed by atoms with van der Waals surface area (Å²) in [7, 11) is -4.24. The number of ether oxygens (including phenoxy) is 1. The Morgan fingerprint density at radius 3 is 2.58 bits per heavy atom. The molecule has 36 heavy (non-hydrogen) atoms. The Hall–Kier alpha value is -3.40. The molecule has 2 heterocycles. The summed E-state index contributed by atoms with van der Waals surface area (Å²) < 4.78 is 34.2. The van der Waals surface area contributed by atoms with Gasteiger partial charge in [-0.3, -0.25) is 9.69 Å². The fourth-order valence-electron chi connectivity index (χ4n) is 3.44. The van der Waals surface area contributed by atoms with E-state index in [1.165, 1.54) is 17.2 Å². The zero-order valence-electron chi connectivity index (χ0n) is 18.9. The van der Waals surface area contributed by atoms with E-state index in [0.717, 1.165) is 6.07 Å². The molecule has 0 atom stereocenters. The largest absolute Gasteiger partial charge is 0.467 e. The van der Waals surface area contributed by atoms with E-state index in [0.29, 0.717) is 38.5 Å². The van der Waals surface area contributed by atoms with Gasteiger partial charge in [-0.15, -0.1) is 10.1 Å². The van der Waals surface area contributed by atoms with Crippen LogP contribution >= 0.6 is 11.6 Å². The number of primary sulfonamides is 1. The van der Waals surface area contributed by atoms with Crippen molar-refractivity contribution in [2.45, 2.75) is 11.4 Å². The zero-order valence-corrected chi connectivity index (χ0v) is 20.5. The van der Waals surface area contributed by atoms with Crippen molar-refractivity contribution in [3.8, 4) is 0 Å². The van der Waals surface area contributed by atoms with Gasteiger partial charge in [0.1, 0.15) is 17.3 Å². The number of furan rings is 1. The van der Waals surface area contributed by atoms with Crippen molar-refractivity contribution in [3.63, 3.8) is 0 Å². The van der Waals surface area contributed by atoms with E-state index in [2.05, 4.69) is 10.2 Å². The first kappa shape index (κ1) is 27.2. The third-order valence-corrected chi connectivity index (χ3v) is 6.66. The van der Waals surface area contributed by atoms with E-state index in [-0.39, 0.29) is 29.4 Å². The third kappa shape index (κ3) is 7.55. The summed E-state index contributed by atoms with van der Waals surface area (Å²) in [5.74, 6) is -0.863. The Morgan fingerprint density at radius 1 is 1.25 bits per heavy atom. The molecule has 0 spiro atoms. The molecular weight excluding hydrogens is 522 g/mol. The molecule has 196 valence electrons. The highest BCUT2D eigenvalue weighted by Crippen LogP contribution is 2.29. The first-order chi connectivity index (χ1) is 17.0. The number of carbonyl (C=O) groups is 2. The lowest BCUT2D eigenvalue weighted by Crippen LogP contribution is -2.50. The van der Waals surface area contributed by atoms with Gasteiger partial charge in [-0.05, 0) is 24.3 Å². The van der Waals surface area contributed by atoms with Crippen LogP contribution in [0.1, 0.15) is 16.1 Å². The van der Waals surface area contributed by atoms with Gasteiger partial charge in [0.05, 0.1) is 29.1 Å². The topological polar surface area (TPSA) is 188 Å². The van der Waals surface area contributed by atoms with Gasteiger partial charge in [-0.25, -0.2) is 18.4 Å². The highest BCUT2D eigenvalue weighted by molar-refractivity contribution is 7.89. The van der Waals surface area contributed by atoms with Crippen LogP contribution in [0.5, 0.6) is 0 Å². The summed E-state index contributed by atoms with van der Waals surface area (Å²) in [6.45, 7) is 1.46. The second kappa shape index (κ2) is 12.0. The summed E-state index contributed by atoms with van der Waals surface area (Å²) in [5.41, 5.74) is -0.0230. The third-order valence-electron chi connectivity index (χ3n) is 5.29. The number of halogens is 1. The highest BCUT2D eigenvalue weighted by Gasteiger charge is 2.25. The predicted octanol–water partition coefficient (Wildman–Crippen LogP) is 0.702. The molecule has 16 heteroatoms. The summed E-state index contributed by atoms with van der Waals surface area (Å²) in [6.07, 6.45) is 1.47. The van der Waals surface area contributed by atoms with Crippen molar-refractivity contribution < 1.29 is 37.1 Å². The molecule has 1 aliphatic heterocycles. The van der Waals surface area contributed by atoms with Crippen LogP contribution in [0.15, 0.2) is 39.8 Å². The van der Waals surface area contributed by atoms with Gasteiger partial charge in [0.15, 0.2) is 6.61 Å². The average molecular weight is 546 g/mol. The molecular formula is C20H24ClN5O9S. The number of sulfonamides is 1. The minimum atomic E-state index is -4.24. The second-order valence-electron chi connectivity index (χ2n) is 7.66. The molecule has 1 fully saturated rings. The predicted molar refractivity (Wildman–Crippen MR) is 125 cm³/mol. The van der Waals surface area contributed by atoms with Crippen LogP contribution in [0, 0.1) is 10.1 Å². The first-order valence-corrected chi connectivity index (χ1v) is 12.5. The first-order valence-electron chi connectivity index (χ1n) is 10.6. The monoisotopic (exact) mass is 545 g/mol. The molecule has 1 amide bonds. The van der Waals surface area contributed by atoms with E-state index in [9.17, 15) is 28.1 Å². The SMILES string of the molecule is NS(=O)(=O)c1cc(C(=O)OCC(=O)N2CCN(CCO[N+](=O)[O-])CC2)c(NCc2ccco2)cc1Cl. The van der Waals surface area contributed by atoms with Crippen LogP contribution in [0.25, 0.3) is 0 Å². The summed E-state index contributed by atoms with van der Waals surface area (Å²) in [5, 5.41) is 17.3. The van der Waals surface area contributed by atoms with E-state index >= 15 is 0 Å². The number of nitrogens with zero attached hydrogens (tertiary/aromatic N) is 3. The van der Waals surface area contributed by atoms with E-state index < -0.39 is 38.5 Å². The van der Waals surface area contributed by atoms with Crippen LogP contribution in [-0.2, 0) is 30.9 Å². The number of anilines is 1. The molecule has 14 nitrogen and oxygen atoms in total. The summed E-state index contributed by atoms with van der Waals surface area (Å²) in [6, 6.07) is 5.58. The second-order valence-corrected chi connectivity index (χ2v) is 9.60. The number of benzene rings is 1. The molecule has 1 aromatic carbocycles. The fourth-order valence-corrected chi connectivity index (χ4v) is 4.54. The van der Waals surface area contributed by atoms with Gasteiger partial charge in [0.25, 0.3) is 11.0 Å². The quantitative estimate of drug-likeness (QED) is 0.230. The average Bonchev–Trinajstić information content (AvgIpc) is 3.34. The van der Waals surface area contributed by atoms with Crippen molar-refractivity contribution in [2.75, 3.05) is 51.3 Å². The summed E-state index contributed by atoms with van der Waals surface area (Å²) >= 11 is 6.06. The van der Waals surface area contributed by atoms with Crippen molar-refractivity contribution in [1.29, 1.82) is 0 Å². The number of hydrogen-bond donors (Lipinski definition) is 2. The van der Waals surface area contributed by atoms with E-state index in [1.807, 2.05) is 4.90 Å². The van der Waals surface area contributed by atoms with Crippen molar-refractivity contribution >= 4 is 39.2 Å². The lowest BCUT2D eigenvalue weighted by Gasteiger charge is -2.34. The van der Waals surface area contributed by atoms with Crippen LogP contribution in [0.3, 0.4) is 0 Å². The Balaban J connectivity index is 1.62. The number of piperazine rings is 1. The maximum Gasteiger partial charge on any atom is 0.340 e. The van der Waals surface area contributed by atoms with E-state index in [4.69, 9.17) is 25.9 Å². The van der Waals surface area contributed by atoms with Crippen LogP contribution in [-0.4, -0.2) is 81.1 Å². The Morgan fingerprint density at radius 2 is 1.97 bits per heavy atom. The Kier molecular flexibility index (Phi) is 9.08. The molecule has 1 aliphatic rings. The standard InChI is InChI=1S/C20H24ClN5O9S/c21-16-11-17(23-12-14-2-1-8-33-14)15(10-18(16)36(22,31)32)20(28)34-13-19(27)25-5-3-24(4-6-25)7-9-35-26(29)30/h1-2,8,10-11,23H,3-7,9,12-13H2,(H2,22,31,32). The molecule has 1 saturated heterocycles. The zero-order chi connectivity index (χ0) is 26.3. The Labute approximate surface area is 211 Å². The molecule has 0 bridgehead atoms. The van der Waals surface area contributed by atoms with Gasteiger partial charge >= 0.3 is 5.97 Å². The van der Waals surface area contributed by atoms with Crippen LogP contribution in [0.4, 0.5) is 5.69 Å². The lowest BCUT2D eigenvalue weighted by molar-refractivity contribution is -0.757. The fraction of sp³-hybridized carbons (Fsp3) is 0.400. The molecule has 0 unspecified atom stereocenters. The van der Waals surface area contributed by atoms with Crippen molar-refractivity contribution in [1.82, 2.24) is 9.80 Å². The number of nitrogens with one attached hydrogen (secondary N) is 1. The summed E-state index contributed by atoms with van der Waals surface area (Å²) in [4.78, 5) is 42.8. The molecule has 0 saturated carbocycles. The molecule has 0 aliphatic carbocycles. The number of carbonyl (C=O) groups excluding carboxylic acids is 2. The van der Waals surface area contributed by atoms with Crippen molar-refractivity contribution in [2.24, 2.45) is 5.14 Å². The molecule has 3 N–H and O–H groups in total. The van der Waals surface area contributed by atoms with E-state index in [1.54, 1.807) is 12.1 Å². The van der Waals surface area contributed by atoms with Crippen LogP contribution in [0.2, 0.25) is 5.02 Å². The normalized spacial score (nSPS) is 14.3. The van der Waals surface area contributed by atoms with Gasteiger partial charge in [0.2, 0.25) is 10.0 Å². The van der Waals surface area contributed by atoms with Gasteiger partial charge in [-0.1, -0.05) is 11.6 Å². The number of esters is 1. The minimum absolute atomic E-state index is 0.0730. The number of nitrogens with two attached hydrogens (primary N) is 1. The van der Waals surface area contributed by atoms with Gasteiger partial charge < -0.3 is 24.2 Å². The maximum atomic E-state index is 12.8. The maximum absolute atomic E-state index is 12.8. The highest BCUT2D eigenvalue weighted by atomic mass is 35.5. The van der Waals surface area contributed by atoms with Crippen LogP contribution < -0.4 is 10.5 Å². The lowest BCUT2D eigenvalue weighted by atomic mass is 10.1.